The third-order valence-corrected chi connectivity index (χ3v) is 6.21. The highest BCUT2D eigenvalue weighted by Crippen LogP contribution is 2.30. The Morgan fingerprint density at radius 1 is 0.875 bits per heavy atom. The first-order chi connectivity index (χ1) is 19.4. The zero-order valence-corrected chi connectivity index (χ0v) is 23.3. The van der Waals surface area contributed by atoms with E-state index in [2.05, 4.69) is 21.2 Å². The predicted octanol–water partition coefficient (Wildman–Crippen LogP) is 7.69. The molecule has 1 N–H and O–H groups in total. The summed E-state index contributed by atoms with van der Waals surface area (Å²) in [7, 11) is 0. The van der Waals surface area contributed by atoms with Gasteiger partial charge in [-0.2, -0.15) is 5.26 Å². The van der Waals surface area contributed by atoms with Crippen LogP contribution in [0.25, 0.3) is 6.08 Å². The number of nitriles is 1. The van der Waals surface area contributed by atoms with Gasteiger partial charge < -0.3 is 19.5 Å². The first-order valence-corrected chi connectivity index (χ1v) is 13.3. The van der Waals surface area contributed by atoms with Crippen LogP contribution < -0.4 is 19.5 Å². The summed E-state index contributed by atoms with van der Waals surface area (Å²) >= 11 is 3.41. The van der Waals surface area contributed by atoms with Gasteiger partial charge in [-0.15, -0.1) is 0 Å². The molecular weight excluding hydrogens is 575 g/mol. The minimum absolute atomic E-state index is 0.0713. The average molecular weight is 601 g/mol. The molecule has 0 unspecified atom stereocenters. The minimum atomic E-state index is -0.541. The van der Waals surface area contributed by atoms with Gasteiger partial charge in [0.1, 0.15) is 36.4 Å². The second-order valence-corrected chi connectivity index (χ2v) is 9.53. The second-order valence-electron chi connectivity index (χ2n) is 8.62. The quantitative estimate of drug-likeness (QED) is 0.141. The minimum Gasteiger partial charge on any atom is -0.490 e. The maximum absolute atomic E-state index is 13.2. The maximum Gasteiger partial charge on any atom is 0.266 e. The first-order valence-electron chi connectivity index (χ1n) is 12.5. The molecule has 0 spiro atoms. The molecule has 0 aliphatic rings. The van der Waals surface area contributed by atoms with Crippen molar-refractivity contribution in [3.05, 3.63) is 124 Å². The molecule has 0 atom stereocenters. The lowest BCUT2D eigenvalue weighted by Gasteiger charge is -2.13. The van der Waals surface area contributed by atoms with Crippen LogP contribution in [0.2, 0.25) is 0 Å². The number of benzene rings is 4. The standard InChI is InChI=1S/C32H26BrFN2O4/c1-2-38-31-18-24(7-16-30(31)40-21-23-5-10-27(34)11-6-23)17-25(19-35)32(37)36-28-12-14-29(15-13-28)39-20-22-3-8-26(33)9-4-22/h3-18H,2,20-21H2,1H3,(H,36,37)/b25-17+. The molecule has 0 radical (unpaired) electrons. The lowest BCUT2D eigenvalue weighted by atomic mass is 10.1. The average Bonchev–Trinajstić information content (AvgIpc) is 2.97. The van der Waals surface area contributed by atoms with Crippen LogP contribution in [-0.2, 0) is 18.0 Å². The molecule has 0 bridgehead atoms. The normalized spacial score (nSPS) is 10.9. The van der Waals surface area contributed by atoms with Gasteiger partial charge in [-0.05, 0) is 90.4 Å². The Bertz CT molecular complexity index is 1510. The molecule has 0 aromatic heterocycles. The fourth-order valence-corrected chi connectivity index (χ4v) is 3.90. The summed E-state index contributed by atoms with van der Waals surface area (Å²) in [6.07, 6.45) is 1.48. The zero-order chi connectivity index (χ0) is 28.3. The summed E-state index contributed by atoms with van der Waals surface area (Å²) in [4.78, 5) is 12.8. The van der Waals surface area contributed by atoms with Gasteiger partial charge in [-0.3, -0.25) is 4.79 Å². The number of ether oxygens (including phenoxy) is 3. The van der Waals surface area contributed by atoms with Gasteiger partial charge in [-0.25, -0.2) is 4.39 Å². The highest BCUT2D eigenvalue weighted by atomic mass is 79.9. The van der Waals surface area contributed by atoms with E-state index in [0.29, 0.717) is 41.7 Å². The van der Waals surface area contributed by atoms with Crippen molar-refractivity contribution in [1.82, 2.24) is 0 Å². The molecule has 0 saturated carbocycles. The lowest BCUT2D eigenvalue weighted by Crippen LogP contribution is -2.13. The number of hydrogen-bond donors (Lipinski definition) is 1. The molecule has 8 heteroatoms. The summed E-state index contributed by atoms with van der Waals surface area (Å²) in [5.74, 6) is 0.761. The highest BCUT2D eigenvalue weighted by Gasteiger charge is 2.12. The Labute approximate surface area is 240 Å². The highest BCUT2D eigenvalue weighted by molar-refractivity contribution is 9.10. The van der Waals surface area contributed by atoms with Crippen LogP contribution >= 0.6 is 15.9 Å². The van der Waals surface area contributed by atoms with Crippen LogP contribution in [0.1, 0.15) is 23.6 Å². The summed E-state index contributed by atoms with van der Waals surface area (Å²) in [6, 6.07) is 27.9. The predicted molar refractivity (Wildman–Crippen MR) is 155 cm³/mol. The summed E-state index contributed by atoms with van der Waals surface area (Å²) in [5, 5.41) is 12.4. The number of nitrogens with zero attached hydrogens (tertiary/aromatic N) is 1. The molecule has 4 aromatic rings. The molecule has 40 heavy (non-hydrogen) atoms. The number of amides is 1. The Morgan fingerprint density at radius 2 is 1.52 bits per heavy atom. The Hall–Kier alpha value is -4.61. The van der Waals surface area contributed by atoms with E-state index < -0.39 is 5.91 Å². The first kappa shape index (κ1) is 28.4. The van der Waals surface area contributed by atoms with Gasteiger partial charge in [0, 0.05) is 10.2 Å². The van der Waals surface area contributed by atoms with Crippen LogP contribution in [0.15, 0.2) is 101 Å². The molecule has 1 amide bonds. The summed E-state index contributed by atoms with van der Waals surface area (Å²) in [6.45, 7) is 2.89. The van der Waals surface area contributed by atoms with Crippen molar-refractivity contribution in [2.45, 2.75) is 20.1 Å². The van der Waals surface area contributed by atoms with Crippen molar-refractivity contribution in [3.8, 4) is 23.3 Å². The van der Waals surface area contributed by atoms with Gasteiger partial charge in [0.25, 0.3) is 5.91 Å². The molecule has 0 fully saturated rings. The van der Waals surface area contributed by atoms with E-state index in [9.17, 15) is 14.4 Å². The fraction of sp³-hybridized carbons (Fsp3) is 0.125. The van der Waals surface area contributed by atoms with Crippen molar-refractivity contribution in [1.29, 1.82) is 5.26 Å². The number of carbonyl (C=O) groups excluding carboxylic acids is 1. The SMILES string of the molecule is CCOc1cc(/C=C(\C#N)C(=O)Nc2ccc(OCc3ccc(Br)cc3)cc2)ccc1OCc1ccc(F)cc1. The lowest BCUT2D eigenvalue weighted by molar-refractivity contribution is -0.112. The smallest absolute Gasteiger partial charge is 0.266 e. The van der Waals surface area contributed by atoms with E-state index in [1.165, 1.54) is 18.2 Å². The second kappa shape index (κ2) is 14.0. The van der Waals surface area contributed by atoms with Gasteiger partial charge in [0.2, 0.25) is 0 Å². The van der Waals surface area contributed by atoms with E-state index >= 15 is 0 Å². The monoisotopic (exact) mass is 600 g/mol. The largest absolute Gasteiger partial charge is 0.490 e. The van der Waals surface area contributed by atoms with Crippen LogP contribution in [0.5, 0.6) is 17.2 Å². The van der Waals surface area contributed by atoms with Gasteiger partial charge in [-0.1, -0.05) is 46.3 Å². The topological polar surface area (TPSA) is 80.6 Å². The third kappa shape index (κ3) is 8.19. The number of anilines is 1. The number of nitrogens with one attached hydrogen (secondary N) is 1. The fourth-order valence-electron chi connectivity index (χ4n) is 3.64. The van der Waals surface area contributed by atoms with Crippen LogP contribution in [0.3, 0.4) is 0 Å². The molecular formula is C32H26BrFN2O4. The number of rotatable bonds is 11. The molecule has 202 valence electrons. The van der Waals surface area contributed by atoms with Crippen molar-refractivity contribution in [2.75, 3.05) is 11.9 Å². The molecule has 4 aromatic carbocycles. The van der Waals surface area contributed by atoms with Crippen molar-refractivity contribution >= 4 is 33.6 Å². The number of hydrogen-bond acceptors (Lipinski definition) is 5. The van der Waals surface area contributed by atoms with E-state index in [4.69, 9.17) is 14.2 Å². The number of carbonyl (C=O) groups is 1. The van der Waals surface area contributed by atoms with Crippen LogP contribution in [0.4, 0.5) is 10.1 Å². The molecule has 0 aliphatic heterocycles. The molecule has 0 saturated heterocycles. The van der Waals surface area contributed by atoms with Crippen LogP contribution in [-0.4, -0.2) is 12.5 Å². The Balaban J connectivity index is 1.39. The molecule has 6 nitrogen and oxygen atoms in total. The van der Waals surface area contributed by atoms with Gasteiger partial charge in [0.05, 0.1) is 6.61 Å². The van der Waals surface area contributed by atoms with E-state index in [1.54, 1.807) is 54.6 Å². The summed E-state index contributed by atoms with van der Waals surface area (Å²) < 4.78 is 31.5. The van der Waals surface area contributed by atoms with Crippen molar-refractivity contribution < 1.29 is 23.4 Å². The molecule has 4 rings (SSSR count). The van der Waals surface area contributed by atoms with Crippen molar-refractivity contribution in [2.24, 2.45) is 0 Å². The van der Waals surface area contributed by atoms with E-state index in [0.717, 1.165) is 15.6 Å². The van der Waals surface area contributed by atoms with Crippen LogP contribution in [0, 0.1) is 17.1 Å². The third-order valence-electron chi connectivity index (χ3n) is 5.68. The van der Waals surface area contributed by atoms with E-state index in [1.807, 2.05) is 37.3 Å². The maximum atomic E-state index is 13.2. The van der Waals surface area contributed by atoms with E-state index in [-0.39, 0.29) is 18.0 Å². The molecule has 0 heterocycles. The van der Waals surface area contributed by atoms with Crippen molar-refractivity contribution in [3.63, 3.8) is 0 Å². The Morgan fingerprint density at radius 3 is 2.17 bits per heavy atom. The number of halogens is 2. The van der Waals surface area contributed by atoms with Gasteiger partial charge >= 0.3 is 0 Å². The summed E-state index contributed by atoms with van der Waals surface area (Å²) in [5.41, 5.74) is 2.89. The Kier molecular flexibility index (Phi) is 9.92. The zero-order valence-electron chi connectivity index (χ0n) is 21.7. The molecule has 0 aliphatic carbocycles. The van der Waals surface area contributed by atoms with Gasteiger partial charge in [0.15, 0.2) is 11.5 Å².